The Bertz CT molecular complexity index is 1620. The number of nitrogens with zero attached hydrogens (tertiary/aromatic N) is 2. The van der Waals surface area contributed by atoms with Gasteiger partial charge in [0.2, 0.25) is 5.91 Å². The van der Waals surface area contributed by atoms with Crippen LogP contribution in [0.3, 0.4) is 0 Å². The molecule has 1 atom stereocenters. The molecule has 0 bridgehead atoms. The molecule has 212 valence electrons. The van der Waals surface area contributed by atoms with E-state index < -0.39 is 17.6 Å². The van der Waals surface area contributed by atoms with Crippen LogP contribution in [0.4, 0.5) is 4.39 Å². The molecule has 0 aliphatic carbocycles. The monoisotopic (exact) mass is 596 g/mol. The van der Waals surface area contributed by atoms with E-state index in [0.29, 0.717) is 28.2 Å². The van der Waals surface area contributed by atoms with Gasteiger partial charge in [-0.3, -0.25) is 14.4 Å². The van der Waals surface area contributed by atoms with Crippen LogP contribution < -0.4 is 5.43 Å². The van der Waals surface area contributed by atoms with E-state index >= 15 is 0 Å². The molecule has 1 saturated heterocycles. The van der Waals surface area contributed by atoms with E-state index in [1.807, 2.05) is 0 Å². The Labute approximate surface area is 246 Å². The lowest BCUT2D eigenvalue weighted by Gasteiger charge is -2.29. The minimum absolute atomic E-state index is 0.0713. The molecule has 0 unspecified atom stereocenters. The Hall–Kier alpha value is -3.72. The minimum Gasteiger partial charge on any atom is -0.464 e. The number of hydrogen-bond donors (Lipinski definition) is 0. The van der Waals surface area contributed by atoms with Crippen molar-refractivity contribution in [3.8, 4) is 0 Å². The molecule has 3 aromatic carbocycles. The fraction of sp³-hybridized carbons (Fsp3) is 0.258. The van der Waals surface area contributed by atoms with Crippen LogP contribution in [0.25, 0.3) is 11.0 Å². The topological polar surface area (TPSA) is 80.1 Å². The third kappa shape index (κ3) is 6.96. The highest BCUT2D eigenvalue weighted by atomic mass is 35.5. The molecule has 41 heavy (non-hydrogen) atoms. The lowest BCUT2D eigenvalue weighted by atomic mass is 10.1. The first-order valence-corrected chi connectivity index (χ1v) is 13.9. The van der Waals surface area contributed by atoms with Gasteiger partial charge in [0.15, 0.2) is 5.43 Å². The first kappa shape index (κ1) is 28.8. The van der Waals surface area contributed by atoms with Crippen LogP contribution in [0.5, 0.6) is 0 Å². The summed E-state index contributed by atoms with van der Waals surface area (Å²) < 4.78 is 25.0. The summed E-state index contributed by atoms with van der Waals surface area (Å²) in [6.07, 6.45) is 2.76. The summed E-state index contributed by atoms with van der Waals surface area (Å²) in [4.78, 5) is 43.6. The van der Waals surface area contributed by atoms with Crippen molar-refractivity contribution in [2.45, 2.75) is 32.0 Å². The lowest BCUT2D eigenvalue weighted by Crippen LogP contribution is -2.45. The summed E-state index contributed by atoms with van der Waals surface area (Å²) in [6.45, 7) is 0.520. The van der Waals surface area contributed by atoms with Crippen LogP contribution in [0, 0.1) is 5.82 Å². The van der Waals surface area contributed by atoms with Crippen molar-refractivity contribution in [1.82, 2.24) is 9.80 Å². The van der Waals surface area contributed by atoms with E-state index in [0.717, 1.165) is 12.8 Å². The number of carbonyl (C=O) groups excluding carboxylic acids is 2. The van der Waals surface area contributed by atoms with Crippen LogP contribution in [-0.2, 0) is 22.6 Å². The number of para-hydroxylation sites is 1. The number of ether oxygens (including phenoxy) is 1. The molecule has 0 radical (unpaired) electrons. The van der Waals surface area contributed by atoms with Crippen molar-refractivity contribution in [1.29, 1.82) is 0 Å². The van der Waals surface area contributed by atoms with Gasteiger partial charge < -0.3 is 19.0 Å². The molecule has 1 fully saturated rings. The smallest absolute Gasteiger partial charge is 0.254 e. The van der Waals surface area contributed by atoms with Gasteiger partial charge in [0, 0.05) is 25.3 Å². The number of carbonyl (C=O) groups is 2. The van der Waals surface area contributed by atoms with Crippen molar-refractivity contribution in [3.63, 3.8) is 0 Å². The maximum absolute atomic E-state index is 13.9. The molecule has 1 aliphatic rings. The normalized spacial score (nSPS) is 14.8. The highest BCUT2D eigenvalue weighted by molar-refractivity contribution is 6.42. The standard InChI is InChI=1S/C31H27Cl2FN2O5/c32-26-12-9-21(14-27(26)33)31(39)36(17-24-4-3-13-40-24)18-29(37)35(15-20-7-10-23(34)11-8-20)16-22-19-41-28-6-2-1-5-25(28)30(22)38/h1-2,5-12,14,19,24H,3-4,13,15-18H2/t24-/m0/s1. The van der Waals surface area contributed by atoms with Gasteiger partial charge in [-0.2, -0.15) is 0 Å². The zero-order valence-electron chi connectivity index (χ0n) is 22.0. The largest absolute Gasteiger partial charge is 0.464 e. The highest BCUT2D eigenvalue weighted by Crippen LogP contribution is 2.24. The van der Waals surface area contributed by atoms with Gasteiger partial charge in [-0.15, -0.1) is 0 Å². The molecule has 10 heteroatoms. The molecule has 0 N–H and O–H groups in total. The maximum atomic E-state index is 13.9. The van der Waals surface area contributed by atoms with Gasteiger partial charge >= 0.3 is 0 Å². The minimum atomic E-state index is -0.409. The van der Waals surface area contributed by atoms with E-state index in [2.05, 4.69) is 0 Å². The van der Waals surface area contributed by atoms with Gasteiger partial charge in [0.1, 0.15) is 17.9 Å². The van der Waals surface area contributed by atoms with Crippen LogP contribution >= 0.6 is 23.2 Å². The van der Waals surface area contributed by atoms with Crippen molar-refractivity contribution in [3.05, 3.63) is 116 Å². The van der Waals surface area contributed by atoms with Gasteiger partial charge in [-0.05, 0) is 60.9 Å². The van der Waals surface area contributed by atoms with Crippen LogP contribution in [0.15, 0.2) is 82.2 Å². The van der Waals surface area contributed by atoms with Gasteiger partial charge in [-0.1, -0.05) is 47.5 Å². The van der Waals surface area contributed by atoms with Gasteiger partial charge in [0.25, 0.3) is 5.91 Å². The highest BCUT2D eigenvalue weighted by Gasteiger charge is 2.28. The molecular formula is C31H27Cl2FN2O5. The number of rotatable bonds is 9. The number of halogens is 3. The summed E-state index contributed by atoms with van der Waals surface area (Å²) in [5.74, 6) is -1.22. The van der Waals surface area contributed by atoms with E-state index in [1.54, 1.807) is 42.5 Å². The molecule has 1 aliphatic heterocycles. The van der Waals surface area contributed by atoms with Crippen LogP contribution in [0.2, 0.25) is 10.0 Å². The average molecular weight is 597 g/mol. The average Bonchev–Trinajstić information content (AvgIpc) is 3.49. The van der Waals surface area contributed by atoms with E-state index in [9.17, 15) is 18.8 Å². The Kier molecular flexibility index (Phi) is 9.03. The van der Waals surface area contributed by atoms with Crippen molar-refractivity contribution >= 4 is 46.0 Å². The zero-order chi connectivity index (χ0) is 28.9. The summed E-state index contributed by atoms with van der Waals surface area (Å²) >= 11 is 12.2. The summed E-state index contributed by atoms with van der Waals surface area (Å²) in [7, 11) is 0. The second-order valence-electron chi connectivity index (χ2n) is 9.91. The summed E-state index contributed by atoms with van der Waals surface area (Å²) in [5, 5.41) is 0.931. The molecule has 7 nitrogen and oxygen atoms in total. The quantitative estimate of drug-likeness (QED) is 0.233. The fourth-order valence-electron chi connectivity index (χ4n) is 4.80. The summed E-state index contributed by atoms with van der Waals surface area (Å²) in [5.41, 5.74) is 1.40. The van der Waals surface area contributed by atoms with Gasteiger partial charge in [-0.25, -0.2) is 4.39 Å². The third-order valence-electron chi connectivity index (χ3n) is 6.98. The molecule has 2 heterocycles. The third-order valence-corrected chi connectivity index (χ3v) is 7.72. The molecule has 2 amide bonds. The van der Waals surface area contributed by atoms with Crippen molar-refractivity contribution in [2.24, 2.45) is 0 Å². The Morgan fingerprint density at radius 2 is 1.73 bits per heavy atom. The molecular weight excluding hydrogens is 570 g/mol. The molecule has 0 spiro atoms. The van der Waals surface area contributed by atoms with Crippen molar-refractivity contribution in [2.75, 3.05) is 19.7 Å². The second-order valence-corrected chi connectivity index (χ2v) is 10.7. The maximum Gasteiger partial charge on any atom is 0.254 e. The van der Waals surface area contributed by atoms with Crippen molar-refractivity contribution < 1.29 is 23.1 Å². The second kappa shape index (κ2) is 12.9. The van der Waals surface area contributed by atoms with E-state index in [-0.39, 0.29) is 53.9 Å². The van der Waals surface area contributed by atoms with Crippen LogP contribution in [-0.4, -0.2) is 47.4 Å². The van der Waals surface area contributed by atoms with Gasteiger partial charge in [0.05, 0.1) is 39.9 Å². The molecule has 5 rings (SSSR count). The number of amides is 2. The number of fused-ring (bicyclic) bond motifs is 1. The lowest BCUT2D eigenvalue weighted by molar-refractivity contribution is -0.133. The predicted octanol–water partition coefficient (Wildman–Crippen LogP) is 6.09. The molecule has 0 saturated carbocycles. The van der Waals surface area contributed by atoms with E-state index in [4.69, 9.17) is 32.4 Å². The first-order valence-electron chi connectivity index (χ1n) is 13.2. The first-order chi connectivity index (χ1) is 19.8. The zero-order valence-corrected chi connectivity index (χ0v) is 23.5. The molecule has 1 aromatic heterocycles. The van der Waals surface area contributed by atoms with Crippen LogP contribution in [0.1, 0.15) is 34.3 Å². The number of hydrogen-bond acceptors (Lipinski definition) is 5. The fourth-order valence-corrected chi connectivity index (χ4v) is 5.10. The molecule has 4 aromatic rings. The number of benzene rings is 3. The van der Waals surface area contributed by atoms with E-state index in [1.165, 1.54) is 40.3 Å². The SMILES string of the molecule is O=C(CN(C[C@@H]1CCCO1)C(=O)c1ccc(Cl)c(Cl)c1)N(Cc1ccc(F)cc1)Cc1coc2ccccc2c1=O. The summed E-state index contributed by atoms with van der Waals surface area (Å²) in [6, 6.07) is 17.2. The Balaban J connectivity index is 1.44. The Morgan fingerprint density at radius 3 is 2.46 bits per heavy atom. The predicted molar refractivity (Wildman–Crippen MR) is 154 cm³/mol. The Morgan fingerprint density at radius 1 is 0.951 bits per heavy atom.